The molecule has 1 N–H and O–H groups in total. The summed E-state index contributed by atoms with van der Waals surface area (Å²) in [4.78, 5) is 18.6. The molecule has 4 rings (SSSR count). The van der Waals surface area contributed by atoms with Crippen LogP contribution in [0.25, 0.3) is 22.4 Å². The quantitative estimate of drug-likeness (QED) is 0.792. The maximum Gasteiger partial charge on any atom is 0.231 e. The number of aryl methyl sites for hydroxylation is 1. The molecule has 0 unspecified atom stereocenters. The van der Waals surface area contributed by atoms with E-state index < -0.39 is 0 Å². The molecule has 0 radical (unpaired) electrons. The molecular weight excluding hydrogens is 290 g/mol. The number of anilines is 1. The van der Waals surface area contributed by atoms with E-state index in [4.69, 9.17) is 4.98 Å². The van der Waals surface area contributed by atoms with Crippen LogP contribution in [0.3, 0.4) is 0 Å². The second kappa shape index (κ2) is 4.84. The van der Waals surface area contributed by atoms with E-state index in [0.29, 0.717) is 13.0 Å². The number of aromatic nitrogens is 2. The summed E-state index contributed by atoms with van der Waals surface area (Å²) >= 11 is 0. The second-order valence-electron chi connectivity index (χ2n) is 5.83. The summed E-state index contributed by atoms with van der Waals surface area (Å²) in [6.07, 6.45) is 0.449. The first-order valence-corrected chi connectivity index (χ1v) is 7.67. The zero-order chi connectivity index (χ0) is 16.1. The van der Waals surface area contributed by atoms with E-state index in [2.05, 4.69) is 6.07 Å². The molecule has 0 aliphatic carbocycles. The summed E-state index contributed by atoms with van der Waals surface area (Å²) in [6, 6.07) is 11.1. The van der Waals surface area contributed by atoms with Crippen LogP contribution in [0, 0.1) is 0 Å². The van der Waals surface area contributed by atoms with Gasteiger partial charge in [0.2, 0.25) is 5.91 Å². The molecule has 5 heteroatoms. The standard InChI is InChI=1S/C18H17N3O2/c1-3-21-15-10-16-14(8-12(15)9-17(21)23)19-18(20(16)2)11-4-6-13(22)7-5-11/h4-8,10,22H,3,9H2,1-2H3. The van der Waals surface area contributed by atoms with Gasteiger partial charge in [-0.25, -0.2) is 4.98 Å². The van der Waals surface area contributed by atoms with Crippen LogP contribution in [0.1, 0.15) is 12.5 Å². The third-order valence-electron chi connectivity index (χ3n) is 4.46. The predicted molar refractivity (Wildman–Crippen MR) is 89.5 cm³/mol. The molecule has 3 aromatic rings. The van der Waals surface area contributed by atoms with E-state index in [1.165, 1.54) is 0 Å². The predicted octanol–water partition coefficient (Wildman–Crippen LogP) is 2.85. The Bertz CT molecular complexity index is 926. The van der Waals surface area contributed by atoms with Gasteiger partial charge in [0.15, 0.2) is 0 Å². The van der Waals surface area contributed by atoms with Crippen molar-refractivity contribution in [3.63, 3.8) is 0 Å². The van der Waals surface area contributed by atoms with Gasteiger partial charge >= 0.3 is 0 Å². The number of nitrogens with zero attached hydrogens (tertiary/aromatic N) is 3. The smallest absolute Gasteiger partial charge is 0.231 e. The number of likely N-dealkylation sites (N-methyl/N-ethyl adjacent to an activating group) is 1. The van der Waals surface area contributed by atoms with Crippen LogP contribution >= 0.6 is 0 Å². The first kappa shape index (κ1) is 13.8. The van der Waals surface area contributed by atoms with Crippen LogP contribution in [0.4, 0.5) is 5.69 Å². The molecule has 1 aromatic heterocycles. The fraction of sp³-hybridized carbons (Fsp3) is 0.222. The monoisotopic (exact) mass is 307 g/mol. The largest absolute Gasteiger partial charge is 0.508 e. The minimum atomic E-state index is 0.150. The Labute approximate surface area is 133 Å². The third-order valence-corrected chi connectivity index (χ3v) is 4.46. The fourth-order valence-corrected chi connectivity index (χ4v) is 3.27. The van der Waals surface area contributed by atoms with Gasteiger partial charge in [0.05, 0.1) is 17.5 Å². The highest BCUT2D eigenvalue weighted by Gasteiger charge is 2.27. The summed E-state index contributed by atoms with van der Waals surface area (Å²) in [5, 5.41) is 9.44. The molecule has 1 amide bonds. The maximum atomic E-state index is 12.0. The van der Waals surface area contributed by atoms with Gasteiger partial charge in [-0.2, -0.15) is 0 Å². The molecule has 0 spiro atoms. The minimum absolute atomic E-state index is 0.150. The average molecular weight is 307 g/mol. The van der Waals surface area contributed by atoms with Gasteiger partial charge in [-0.15, -0.1) is 0 Å². The molecule has 0 atom stereocenters. The molecule has 0 saturated heterocycles. The first-order valence-electron chi connectivity index (χ1n) is 7.67. The number of phenolic OH excluding ortho intramolecular Hbond substituents is 1. The van der Waals surface area contributed by atoms with Crippen LogP contribution in [0.2, 0.25) is 0 Å². The number of hydrogen-bond donors (Lipinski definition) is 1. The van der Waals surface area contributed by atoms with Crippen LogP contribution in [0.5, 0.6) is 5.75 Å². The Morgan fingerprint density at radius 1 is 1.22 bits per heavy atom. The molecular formula is C18H17N3O2. The van der Waals surface area contributed by atoms with Crippen LogP contribution in [0.15, 0.2) is 36.4 Å². The highest BCUT2D eigenvalue weighted by Crippen LogP contribution is 2.34. The summed E-state index contributed by atoms with van der Waals surface area (Å²) in [5.41, 5.74) is 4.87. The van der Waals surface area contributed by atoms with Gasteiger partial charge in [-0.3, -0.25) is 4.79 Å². The van der Waals surface area contributed by atoms with Gasteiger partial charge in [-0.05, 0) is 48.9 Å². The van der Waals surface area contributed by atoms with Crippen molar-refractivity contribution < 1.29 is 9.90 Å². The number of imidazole rings is 1. The average Bonchev–Trinajstić information content (AvgIpc) is 3.02. The van der Waals surface area contributed by atoms with E-state index in [-0.39, 0.29) is 11.7 Å². The molecule has 116 valence electrons. The van der Waals surface area contributed by atoms with E-state index in [1.807, 2.05) is 41.6 Å². The highest BCUT2D eigenvalue weighted by atomic mass is 16.3. The number of carbonyl (C=O) groups excluding carboxylic acids is 1. The van der Waals surface area contributed by atoms with Crippen LogP contribution in [-0.4, -0.2) is 27.1 Å². The Morgan fingerprint density at radius 3 is 2.65 bits per heavy atom. The Morgan fingerprint density at radius 2 is 1.96 bits per heavy atom. The van der Waals surface area contributed by atoms with Crippen molar-refractivity contribution in [2.45, 2.75) is 13.3 Å². The van der Waals surface area contributed by atoms with Gasteiger partial charge in [0.25, 0.3) is 0 Å². The summed E-state index contributed by atoms with van der Waals surface area (Å²) in [5.74, 6) is 1.23. The lowest BCUT2D eigenvalue weighted by atomic mass is 10.1. The zero-order valence-electron chi connectivity index (χ0n) is 13.1. The number of benzene rings is 2. The zero-order valence-corrected chi connectivity index (χ0v) is 13.1. The lowest BCUT2D eigenvalue weighted by Crippen LogP contribution is -2.25. The molecule has 2 heterocycles. The van der Waals surface area contributed by atoms with E-state index in [0.717, 1.165) is 33.7 Å². The van der Waals surface area contributed by atoms with Gasteiger partial charge in [-0.1, -0.05) is 0 Å². The highest BCUT2D eigenvalue weighted by molar-refractivity contribution is 6.04. The van der Waals surface area contributed by atoms with Gasteiger partial charge in [0, 0.05) is 24.8 Å². The summed E-state index contributed by atoms with van der Waals surface area (Å²) in [6.45, 7) is 2.67. The molecule has 2 aromatic carbocycles. The molecule has 0 saturated carbocycles. The Kier molecular flexibility index (Phi) is 2.91. The van der Waals surface area contributed by atoms with Crippen molar-refractivity contribution in [3.05, 3.63) is 42.0 Å². The van der Waals surface area contributed by atoms with Crippen molar-refractivity contribution in [1.29, 1.82) is 0 Å². The number of aromatic hydroxyl groups is 1. The molecule has 1 aliphatic heterocycles. The van der Waals surface area contributed by atoms with Crippen molar-refractivity contribution >= 4 is 22.6 Å². The van der Waals surface area contributed by atoms with Gasteiger partial charge < -0.3 is 14.6 Å². The summed E-state index contributed by atoms with van der Waals surface area (Å²) < 4.78 is 2.03. The number of amides is 1. The number of hydrogen-bond acceptors (Lipinski definition) is 3. The van der Waals surface area contributed by atoms with Crippen molar-refractivity contribution in [2.24, 2.45) is 7.05 Å². The molecule has 1 aliphatic rings. The minimum Gasteiger partial charge on any atom is -0.508 e. The number of rotatable bonds is 2. The number of carbonyl (C=O) groups is 1. The van der Waals surface area contributed by atoms with E-state index in [9.17, 15) is 9.90 Å². The Hall–Kier alpha value is -2.82. The normalized spacial score (nSPS) is 13.8. The fourth-order valence-electron chi connectivity index (χ4n) is 3.27. The van der Waals surface area contributed by atoms with Gasteiger partial charge in [0.1, 0.15) is 11.6 Å². The topological polar surface area (TPSA) is 58.4 Å². The molecule has 0 fully saturated rings. The lowest BCUT2D eigenvalue weighted by molar-refractivity contribution is -0.117. The number of fused-ring (bicyclic) bond motifs is 2. The van der Waals surface area contributed by atoms with Crippen molar-refractivity contribution in [2.75, 3.05) is 11.4 Å². The SMILES string of the molecule is CCN1C(=O)Cc2cc3nc(-c4ccc(O)cc4)n(C)c3cc21. The van der Waals surface area contributed by atoms with Crippen LogP contribution < -0.4 is 4.90 Å². The first-order chi connectivity index (χ1) is 11.1. The van der Waals surface area contributed by atoms with Crippen molar-refractivity contribution in [1.82, 2.24) is 9.55 Å². The van der Waals surface area contributed by atoms with Crippen LogP contribution in [-0.2, 0) is 18.3 Å². The third kappa shape index (κ3) is 2.00. The second-order valence-corrected chi connectivity index (χ2v) is 5.83. The Balaban J connectivity index is 1.90. The maximum absolute atomic E-state index is 12.0. The molecule has 5 nitrogen and oxygen atoms in total. The van der Waals surface area contributed by atoms with Crippen molar-refractivity contribution in [3.8, 4) is 17.1 Å². The number of phenols is 1. The lowest BCUT2D eigenvalue weighted by Gasteiger charge is -2.14. The van der Waals surface area contributed by atoms with E-state index >= 15 is 0 Å². The molecule has 23 heavy (non-hydrogen) atoms. The summed E-state index contributed by atoms with van der Waals surface area (Å²) in [7, 11) is 1.97. The molecule has 0 bridgehead atoms. The van der Waals surface area contributed by atoms with E-state index in [1.54, 1.807) is 12.1 Å².